The van der Waals surface area contributed by atoms with Crippen molar-refractivity contribution < 1.29 is 14.1 Å². The average Bonchev–Trinajstić information content (AvgIpc) is 2.69. The molecular formula is C11H7BNO3. The molecule has 0 aliphatic rings. The van der Waals surface area contributed by atoms with Gasteiger partial charge < -0.3 is 14.1 Å². The standard InChI is InChI=1S/C11H7BNO3/c14-12-16-9-5-1-3-7-8-4-2-6-13-11(8)15-10(7)9/h1-6,14H. The monoisotopic (exact) mass is 212 g/mol. The maximum Gasteiger partial charge on any atom is 0.569 e. The highest BCUT2D eigenvalue weighted by molar-refractivity contribution is 6.18. The maximum atomic E-state index is 8.65. The van der Waals surface area contributed by atoms with Crippen molar-refractivity contribution in [3.05, 3.63) is 36.5 Å². The van der Waals surface area contributed by atoms with Gasteiger partial charge in [0, 0.05) is 17.0 Å². The number of para-hydroxylation sites is 1. The Balaban J connectivity index is 2.39. The van der Waals surface area contributed by atoms with Crippen molar-refractivity contribution in [3.8, 4) is 5.75 Å². The second-order valence-electron chi connectivity index (χ2n) is 3.31. The molecule has 77 valence electrons. The van der Waals surface area contributed by atoms with Crippen molar-refractivity contribution in [2.45, 2.75) is 0 Å². The minimum atomic E-state index is 0.470. The van der Waals surface area contributed by atoms with Gasteiger partial charge in [0.2, 0.25) is 5.71 Å². The molecule has 0 bridgehead atoms. The fourth-order valence-corrected chi connectivity index (χ4v) is 1.76. The lowest BCUT2D eigenvalue weighted by molar-refractivity contribution is 0.451. The molecule has 0 spiro atoms. The van der Waals surface area contributed by atoms with E-state index in [-0.39, 0.29) is 0 Å². The van der Waals surface area contributed by atoms with E-state index >= 15 is 0 Å². The zero-order valence-electron chi connectivity index (χ0n) is 8.25. The molecule has 2 aromatic heterocycles. The largest absolute Gasteiger partial charge is 0.569 e. The van der Waals surface area contributed by atoms with Gasteiger partial charge in [0.15, 0.2) is 5.58 Å². The van der Waals surface area contributed by atoms with Crippen LogP contribution < -0.4 is 4.65 Å². The van der Waals surface area contributed by atoms with Gasteiger partial charge in [0.25, 0.3) is 0 Å². The Labute approximate surface area is 91.8 Å². The predicted octanol–water partition coefficient (Wildman–Crippen LogP) is 1.89. The second-order valence-corrected chi connectivity index (χ2v) is 3.31. The zero-order valence-corrected chi connectivity index (χ0v) is 8.25. The molecule has 0 saturated carbocycles. The third-order valence-electron chi connectivity index (χ3n) is 2.42. The van der Waals surface area contributed by atoms with Crippen LogP contribution in [0.4, 0.5) is 0 Å². The molecule has 2 heterocycles. The number of fused-ring (bicyclic) bond motifs is 3. The number of rotatable bonds is 2. The summed E-state index contributed by atoms with van der Waals surface area (Å²) in [5.74, 6) is 0.470. The van der Waals surface area contributed by atoms with Crippen LogP contribution in [0.15, 0.2) is 40.9 Å². The molecule has 1 radical (unpaired) electrons. The van der Waals surface area contributed by atoms with E-state index in [2.05, 4.69) is 4.98 Å². The van der Waals surface area contributed by atoms with E-state index in [4.69, 9.17) is 14.1 Å². The van der Waals surface area contributed by atoms with Gasteiger partial charge >= 0.3 is 7.69 Å². The lowest BCUT2D eigenvalue weighted by Gasteiger charge is -2.00. The Morgan fingerprint density at radius 1 is 1.19 bits per heavy atom. The van der Waals surface area contributed by atoms with Gasteiger partial charge in [-0.15, -0.1) is 0 Å². The van der Waals surface area contributed by atoms with Crippen LogP contribution in [0.2, 0.25) is 0 Å². The molecule has 3 rings (SSSR count). The first kappa shape index (κ1) is 9.24. The average molecular weight is 212 g/mol. The molecule has 0 amide bonds. The van der Waals surface area contributed by atoms with E-state index in [1.165, 1.54) is 0 Å². The molecule has 4 nitrogen and oxygen atoms in total. The Morgan fingerprint density at radius 2 is 2.06 bits per heavy atom. The van der Waals surface area contributed by atoms with Crippen LogP contribution in [0.3, 0.4) is 0 Å². The minimum absolute atomic E-state index is 0.470. The zero-order chi connectivity index (χ0) is 11.0. The molecule has 0 aliphatic carbocycles. The lowest BCUT2D eigenvalue weighted by Crippen LogP contribution is -1.99. The Bertz CT molecular complexity index is 650. The van der Waals surface area contributed by atoms with Crippen molar-refractivity contribution in [1.29, 1.82) is 0 Å². The fraction of sp³-hybridized carbons (Fsp3) is 0. The van der Waals surface area contributed by atoms with Crippen LogP contribution >= 0.6 is 0 Å². The maximum absolute atomic E-state index is 8.65. The Morgan fingerprint density at radius 3 is 2.94 bits per heavy atom. The topological polar surface area (TPSA) is 55.5 Å². The summed E-state index contributed by atoms with van der Waals surface area (Å²) in [4.78, 5) is 4.12. The predicted molar refractivity (Wildman–Crippen MR) is 60.1 cm³/mol. The smallest absolute Gasteiger partial charge is 0.535 e. The molecule has 16 heavy (non-hydrogen) atoms. The summed E-state index contributed by atoms with van der Waals surface area (Å²) in [7, 11) is 0.634. The summed E-state index contributed by atoms with van der Waals surface area (Å²) in [6.07, 6.45) is 1.67. The highest BCUT2D eigenvalue weighted by Gasteiger charge is 2.11. The number of aromatic nitrogens is 1. The van der Waals surface area contributed by atoms with Crippen LogP contribution in [0, 0.1) is 0 Å². The summed E-state index contributed by atoms with van der Waals surface area (Å²) in [6.45, 7) is 0. The van der Waals surface area contributed by atoms with Gasteiger partial charge in [-0.2, -0.15) is 0 Å². The van der Waals surface area contributed by atoms with Gasteiger partial charge in [0.1, 0.15) is 5.75 Å². The number of pyridine rings is 1. The van der Waals surface area contributed by atoms with E-state index in [0.717, 1.165) is 10.8 Å². The number of hydrogen-bond donors (Lipinski definition) is 1. The number of nitrogens with zero attached hydrogens (tertiary/aromatic N) is 1. The number of hydrogen-bond acceptors (Lipinski definition) is 4. The Kier molecular flexibility index (Phi) is 2.04. The third kappa shape index (κ3) is 1.25. The lowest BCUT2D eigenvalue weighted by atomic mass is 10.2. The van der Waals surface area contributed by atoms with Crippen molar-refractivity contribution in [2.24, 2.45) is 0 Å². The fourth-order valence-electron chi connectivity index (χ4n) is 1.76. The van der Waals surface area contributed by atoms with Gasteiger partial charge in [-0.05, 0) is 18.2 Å². The summed E-state index contributed by atoms with van der Waals surface area (Å²) in [5, 5.41) is 10.5. The van der Waals surface area contributed by atoms with Gasteiger partial charge in [-0.3, -0.25) is 0 Å². The molecule has 0 fully saturated rings. The normalized spacial score (nSPS) is 10.8. The molecule has 0 unspecified atom stereocenters. The Hall–Kier alpha value is -2.01. The summed E-state index contributed by atoms with van der Waals surface area (Å²) < 4.78 is 10.5. The molecule has 0 saturated heterocycles. The van der Waals surface area contributed by atoms with Crippen molar-refractivity contribution in [3.63, 3.8) is 0 Å². The van der Waals surface area contributed by atoms with Gasteiger partial charge in [-0.1, -0.05) is 12.1 Å². The third-order valence-corrected chi connectivity index (χ3v) is 2.42. The van der Waals surface area contributed by atoms with E-state index in [9.17, 15) is 0 Å². The van der Waals surface area contributed by atoms with E-state index in [1.54, 1.807) is 12.3 Å². The van der Waals surface area contributed by atoms with Crippen LogP contribution in [-0.2, 0) is 0 Å². The van der Waals surface area contributed by atoms with E-state index in [0.29, 0.717) is 24.7 Å². The number of benzene rings is 1. The van der Waals surface area contributed by atoms with Crippen LogP contribution in [0.25, 0.3) is 22.1 Å². The molecule has 1 N–H and O–H groups in total. The van der Waals surface area contributed by atoms with E-state index < -0.39 is 0 Å². The first-order valence-corrected chi connectivity index (χ1v) is 4.79. The van der Waals surface area contributed by atoms with Crippen LogP contribution in [0.1, 0.15) is 0 Å². The molecule has 1 aromatic carbocycles. The molecule has 0 atom stereocenters. The number of furan rings is 1. The SMILES string of the molecule is O[B]Oc1cccc2c1oc1ncccc12. The second kappa shape index (κ2) is 3.54. The molecular weight excluding hydrogens is 205 g/mol. The van der Waals surface area contributed by atoms with Crippen molar-refractivity contribution >= 4 is 29.8 Å². The van der Waals surface area contributed by atoms with Crippen LogP contribution in [-0.4, -0.2) is 17.7 Å². The minimum Gasteiger partial charge on any atom is -0.535 e. The van der Waals surface area contributed by atoms with Crippen molar-refractivity contribution in [1.82, 2.24) is 4.98 Å². The highest BCUT2D eigenvalue weighted by Crippen LogP contribution is 2.33. The quantitative estimate of drug-likeness (QED) is 0.659. The first-order chi connectivity index (χ1) is 7.90. The van der Waals surface area contributed by atoms with E-state index in [1.807, 2.05) is 24.3 Å². The summed E-state index contributed by atoms with van der Waals surface area (Å²) in [5.41, 5.74) is 1.15. The highest BCUT2D eigenvalue weighted by atomic mass is 16.5. The van der Waals surface area contributed by atoms with Crippen LogP contribution in [0.5, 0.6) is 5.75 Å². The summed E-state index contributed by atoms with van der Waals surface area (Å²) in [6, 6.07) is 9.26. The molecule has 0 aliphatic heterocycles. The summed E-state index contributed by atoms with van der Waals surface area (Å²) >= 11 is 0. The van der Waals surface area contributed by atoms with Crippen molar-refractivity contribution in [2.75, 3.05) is 0 Å². The van der Waals surface area contributed by atoms with Gasteiger partial charge in [0.05, 0.1) is 0 Å². The molecule has 5 heteroatoms. The molecule has 3 aromatic rings. The first-order valence-electron chi connectivity index (χ1n) is 4.79. The van der Waals surface area contributed by atoms with Gasteiger partial charge in [-0.25, -0.2) is 4.98 Å².